The highest BCUT2D eigenvalue weighted by Gasteiger charge is 2.43. The van der Waals surface area contributed by atoms with Gasteiger partial charge in [0.05, 0.1) is 36.7 Å². The molecule has 40 heavy (non-hydrogen) atoms. The summed E-state index contributed by atoms with van der Waals surface area (Å²) in [5, 5.41) is 28.6. The number of aliphatic hydroxyl groups excluding tert-OH is 2. The number of anilines is 1. The van der Waals surface area contributed by atoms with Gasteiger partial charge in [0.1, 0.15) is 18.2 Å². The van der Waals surface area contributed by atoms with Crippen LogP contribution < -0.4 is 10.5 Å². The van der Waals surface area contributed by atoms with E-state index in [-0.39, 0.29) is 42.7 Å². The number of thioether (sulfide) groups is 1. The van der Waals surface area contributed by atoms with Crippen LogP contribution in [0, 0.1) is 11.8 Å². The quantitative estimate of drug-likeness (QED) is 0.308. The van der Waals surface area contributed by atoms with Gasteiger partial charge >= 0.3 is 10.3 Å². The lowest BCUT2D eigenvalue weighted by Gasteiger charge is -2.30. The van der Waals surface area contributed by atoms with Crippen LogP contribution in [0.2, 0.25) is 5.02 Å². The number of nitrogens with one attached hydrogen (secondary N) is 1. The monoisotopic (exact) mass is 608 g/mol. The van der Waals surface area contributed by atoms with E-state index in [0.717, 1.165) is 23.1 Å². The molecule has 0 bridgehead atoms. The number of allylic oxidation sites excluding steroid dienone is 1. The van der Waals surface area contributed by atoms with Crippen LogP contribution in [0.3, 0.4) is 0 Å². The highest BCUT2D eigenvalue weighted by atomic mass is 35.5. The summed E-state index contributed by atoms with van der Waals surface area (Å²) in [5.74, 6) is -0.783. The first-order valence-corrected chi connectivity index (χ1v) is 15.4. The predicted molar refractivity (Wildman–Crippen MR) is 150 cm³/mol. The first-order chi connectivity index (χ1) is 19.1. The van der Waals surface area contributed by atoms with Crippen LogP contribution >= 0.6 is 23.4 Å². The number of aromatic nitrogens is 2. The fraction of sp³-hybridized carbons (Fsp3) is 0.423. The summed E-state index contributed by atoms with van der Waals surface area (Å²) in [6.07, 6.45) is 3.87. The van der Waals surface area contributed by atoms with E-state index in [1.54, 1.807) is 0 Å². The lowest BCUT2D eigenvalue weighted by Crippen LogP contribution is -2.27. The molecule has 2 aliphatic heterocycles. The molecule has 214 valence electrons. The Kier molecular flexibility index (Phi) is 8.64. The molecule has 0 saturated carbocycles. The van der Waals surface area contributed by atoms with Crippen LogP contribution in [0.15, 0.2) is 53.0 Å². The highest BCUT2D eigenvalue weighted by Crippen LogP contribution is 2.50. The first kappa shape index (κ1) is 29.1. The molecular formula is C26H29ClN4O7S2. The summed E-state index contributed by atoms with van der Waals surface area (Å²) in [6, 6.07) is 5.72. The lowest BCUT2D eigenvalue weighted by atomic mass is 9.84. The summed E-state index contributed by atoms with van der Waals surface area (Å²) in [6.45, 7) is 1.94. The van der Waals surface area contributed by atoms with Crippen LogP contribution in [-0.2, 0) is 25.6 Å². The molecule has 1 aromatic heterocycles. The molecule has 5 atom stereocenters. The van der Waals surface area contributed by atoms with Crippen molar-refractivity contribution in [3.05, 3.63) is 74.7 Å². The number of nitrogens with two attached hydrogens (primary N) is 1. The molecule has 0 spiro atoms. The van der Waals surface area contributed by atoms with Crippen LogP contribution in [0.4, 0.5) is 5.82 Å². The molecule has 0 fully saturated rings. The number of hydrogen-bond donors (Lipinski definition) is 4. The second-order valence-electron chi connectivity index (χ2n) is 9.91. The number of rotatable bonds is 9. The van der Waals surface area contributed by atoms with Crippen molar-refractivity contribution in [2.24, 2.45) is 17.0 Å². The highest BCUT2D eigenvalue weighted by molar-refractivity contribution is 8.04. The van der Waals surface area contributed by atoms with Crippen LogP contribution in [0.25, 0.3) is 0 Å². The number of carbonyl (C=O) groups is 1. The van der Waals surface area contributed by atoms with Crippen molar-refractivity contribution >= 4 is 45.3 Å². The summed E-state index contributed by atoms with van der Waals surface area (Å²) in [5.41, 5.74) is 3.73. The third-order valence-corrected chi connectivity index (χ3v) is 9.53. The van der Waals surface area contributed by atoms with Crippen LogP contribution in [0.1, 0.15) is 40.9 Å². The molecule has 0 amide bonds. The zero-order valence-electron chi connectivity index (χ0n) is 21.5. The Balaban J connectivity index is 1.35. The predicted octanol–water partition coefficient (Wildman–Crippen LogP) is 2.52. The molecule has 3 unspecified atom stereocenters. The van der Waals surface area contributed by atoms with Gasteiger partial charge in [0, 0.05) is 33.7 Å². The van der Waals surface area contributed by atoms with Gasteiger partial charge in [-0.15, -0.1) is 11.8 Å². The van der Waals surface area contributed by atoms with Crippen molar-refractivity contribution in [3.63, 3.8) is 0 Å². The van der Waals surface area contributed by atoms with E-state index in [0.29, 0.717) is 22.2 Å². The third-order valence-electron chi connectivity index (χ3n) is 7.31. The summed E-state index contributed by atoms with van der Waals surface area (Å²) in [4.78, 5) is 22.9. The number of nitrogens with zero attached hydrogens (tertiary/aromatic N) is 2. The average molecular weight is 609 g/mol. The number of carbonyl (C=O) groups excluding carboxylic acids is 1. The Labute approximate surface area is 241 Å². The molecular weight excluding hydrogens is 580 g/mol. The normalized spacial score (nSPS) is 26.5. The smallest absolute Gasteiger partial charge is 0.333 e. The molecule has 3 aliphatic rings. The van der Waals surface area contributed by atoms with Gasteiger partial charge < -0.3 is 20.3 Å². The maximum Gasteiger partial charge on any atom is 0.333 e. The van der Waals surface area contributed by atoms with Crippen molar-refractivity contribution in [2.75, 3.05) is 25.1 Å². The number of Topliss-reactive ketones (excluding diaryl/α,β-unsaturated/α-hetero) is 1. The number of halogens is 1. The molecule has 5 rings (SSSR count). The standard InChI is InChI=1S/C26H29ClN4O7S2/c1-13-22(24-18-7-16(27)3-2-14(18)4-5-37-24)21(10-32)39-25(13)23(34)19-9-29-12-30-26(19)31-17-6-15(20(33)8-17)11-38-40(28,35)36/h2-3,7-9,12-13,15,20,24-25,32-33H,4-6,10-11H2,1H3,(H2,28,35,36)(H,29,30,31)/t13?,15-,20+,24?,25?/m1/s1. The summed E-state index contributed by atoms with van der Waals surface area (Å²) >= 11 is 7.60. The SMILES string of the molecule is CC1C(C2OCCc3ccc(Cl)cc32)=C(CO)SC1C(=O)c1cncnc1NC1=C[C@H](O)[C@@H](COS(N)(=O)=O)C1. The Morgan fingerprint density at radius 3 is 2.92 bits per heavy atom. The van der Waals surface area contributed by atoms with E-state index in [1.165, 1.54) is 30.4 Å². The van der Waals surface area contributed by atoms with Gasteiger partial charge in [0.25, 0.3) is 0 Å². The lowest BCUT2D eigenvalue weighted by molar-refractivity contribution is 0.0599. The minimum absolute atomic E-state index is 0.225. The fourth-order valence-corrected chi connectivity index (χ4v) is 7.31. The van der Waals surface area contributed by atoms with Crippen molar-refractivity contribution < 1.29 is 32.3 Å². The Morgan fingerprint density at radius 1 is 1.38 bits per heavy atom. The molecule has 2 aromatic rings. The van der Waals surface area contributed by atoms with Crippen molar-refractivity contribution in [1.82, 2.24) is 9.97 Å². The number of aliphatic hydroxyl groups is 2. The van der Waals surface area contributed by atoms with E-state index in [9.17, 15) is 23.4 Å². The van der Waals surface area contributed by atoms with Gasteiger partial charge in [-0.1, -0.05) is 24.6 Å². The number of ether oxygens (including phenoxy) is 1. The molecule has 5 N–H and O–H groups in total. The van der Waals surface area contributed by atoms with E-state index >= 15 is 0 Å². The maximum atomic E-state index is 13.9. The minimum atomic E-state index is -4.14. The van der Waals surface area contributed by atoms with Crippen molar-refractivity contribution in [3.8, 4) is 0 Å². The van der Waals surface area contributed by atoms with Gasteiger partial charge in [-0.2, -0.15) is 8.42 Å². The second kappa shape index (κ2) is 11.9. The molecule has 1 aromatic carbocycles. The third kappa shape index (κ3) is 6.11. The Bertz CT molecular complexity index is 1480. The van der Waals surface area contributed by atoms with Crippen LogP contribution in [0.5, 0.6) is 0 Å². The number of ketones is 1. The Morgan fingerprint density at radius 2 is 2.17 bits per heavy atom. The van der Waals surface area contributed by atoms with Crippen molar-refractivity contribution in [2.45, 2.75) is 37.2 Å². The molecule has 11 nitrogen and oxygen atoms in total. The second-order valence-corrected chi connectivity index (χ2v) is 12.8. The molecule has 3 heterocycles. The summed E-state index contributed by atoms with van der Waals surface area (Å²) in [7, 11) is -4.14. The van der Waals surface area contributed by atoms with E-state index in [1.807, 2.05) is 25.1 Å². The van der Waals surface area contributed by atoms with Gasteiger partial charge in [-0.25, -0.2) is 15.1 Å². The van der Waals surface area contributed by atoms with E-state index < -0.39 is 33.7 Å². The van der Waals surface area contributed by atoms with Crippen LogP contribution in [-0.4, -0.2) is 65.6 Å². The van der Waals surface area contributed by atoms with Crippen molar-refractivity contribution in [1.29, 1.82) is 0 Å². The summed E-state index contributed by atoms with van der Waals surface area (Å²) < 4.78 is 33.1. The van der Waals surface area contributed by atoms with E-state index in [2.05, 4.69) is 19.5 Å². The van der Waals surface area contributed by atoms with E-state index in [4.69, 9.17) is 21.5 Å². The molecule has 14 heteroatoms. The minimum Gasteiger partial charge on any atom is -0.391 e. The number of fused-ring (bicyclic) bond motifs is 1. The number of hydrogen-bond acceptors (Lipinski definition) is 11. The van der Waals surface area contributed by atoms with Gasteiger partial charge in [-0.3, -0.25) is 8.98 Å². The largest absolute Gasteiger partial charge is 0.391 e. The first-order valence-electron chi connectivity index (χ1n) is 12.6. The maximum absolute atomic E-state index is 13.9. The molecule has 0 radical (unpaired) electrons. The fourth-order valence-electron chi connectivity index (χ4n) is 5.37. The average Bonchev–Trinajstić information content (AvgIpc) is 3.44. The zero-order chi connectivity index (χ0) is 28.6. The zero-order valence-corrected chi connectivity index (χ0v) is 23.9. The van der Waals surface area contributed by atoms with Gasteiger partial charge in [0.2, 0.25) is 0 Å². The molecule has 0 saturated heterocycles. The topological polar surface area (TPSA) is 174 Å². The molecule has 1 aliphatic carbocycles. The van der Waals surface area contributed by atoms with Gasteiger partial charge in [0.15, 0.2) is 5.78 Å². The number of benzene rings is 1. The Hall–Kier alpha value is -2.36. The van der Waals surface area contributed by atoms with Gasteiger partial charge in [-0.05, 0) is 47.8 Å².